The van der Waals surface area contributed by atoms with Crippen molar-refractivity contribution in [2.24, 2.45) is 0 Å². The van der Waals surface area contributed by atoms with Crippen LogP contribution in [0, 0.1) is 0 Å². The van der Waals surface area contributed by atoms with Crippen molar-refractivity contribution in [2.75, 3.05) is 0 Å². The van der Waals surface area contributed by atoms with Crippen LogP contribution in [0.15, 0.2) is 0 Å². The first-order chi connectivity index (χ1) is 13.2. The number of ether oxygens (including phenoxy) is 2. The smallest absolute Gasteiger partial charge is 0.306 e. The van der Waals surface area contributed by atoms with Crippen molar-refractivity contribution in [3.8, 4) is 0 Å². The van der Waals surface area contributed by atoms with Gasteiger partial charge in [-0.15, -0.1) is 0 Å². The van der Waals surface area contributed by atoms with Gasteiger partial charge in [0.1, 0.15) is 29.6 Å². The van der Waals surface area contributed by atoms with E-state index in [2.05, 4.69) is 0 Å². The number of hydrogen-bond acceptors (Lipinski definition) is 8. The molecule has 158 valence electrons. The van der Waals surface area contributed by atoms with Crippen LogP contribution in [0.25, 0.3) is 0 Å². The summed E-state index contributed by atoms with van der Waals surface area (Å²) in [4.78, 5) is 58.7. The van der Waals surface area contributed by atoms with Gasteiger partial charge in [0.25, 0.3) is 0 Å². The number of aliphatic hydroxyl groups excluding tert-OH is 1. The quantitative estimate of drug-likeness (QED) is 0.711. The van der Waals surface area contributed by atoms with Gasteiger partial charge in [-0.05, 0) is 39.5 Å². The van der Waals surface area contributed by atoms with E-state index in [0.29, 0.717) is 0 Å². The van der Waals surface area contributed by atoms with E-state index in [1.165, 1.54) is 13.8 Å². The van der Waals surface area contributed by atoms with E-state index >= 15 is 0 Å². The molecule has 0 saturated carbocycles. The Labute approximate surface area is 164 Å². The molecule has 1 aliphatic rings. The molecule has 8 heteroatoms. The molecular formula is C20H30O8. The summed E-state index contributed by atoms with van der Waals surface area (Å²) >= 11 is 0. The van der Waals surface area contributed by atoms with Gasteiger partial charge >= 0.3 is 11.9 Å². The molecule has 0 radical (unpaired) electrons. The van der Waals surface area contributed by atoms with Crippen LogP contribution >= 0.6 is 0 Å². The minimum absolute atomic E-state index is 0.0189. The number of carbonyl (C=O) groups excluding carboxylic acids is 5. The molecule has 0 aromatic heterocycles. The molecule has 3 unspecified atom stereocenters. The summed E-state index contributed by atoms with van der Waals surface area (Å²) in [6.07, 6.45) is -1.25. The molecule has 8 nitrogen and oxygen atoms in total. The van der Waals surface area contributed by atoms with E-state index in [1.54, 1.807) is 0 Å². The van der Waals surface area contributed by atoms with Gasteiger partial charge in [0.2, 0.25) is 0 Å². The maximum absolute atomic E-state index is 12.0. The van der Waals surface area contributed by atoms with Crippen LogP contribution in [0.5, 0.6) is 0 Å². The Hall–Kier alpha value is -2.09. The maximum Gasteiger partial charge on any atom is 0.306 e. The minimum Gasteiger partial charge on any atom is -0.462 e. The molecule has 3 atom stereocenters. The van der Waals surface area contributed by atoms with Crippen LogP contribution < -0.4 is 0 Å². The molecular weight excluding hydrogens is 368 g/mol. The van der Waals surface area contributed by atoms with Crippen LogP contribution in [-0.2, 0) is 33.4 Å². The zero-order valence-electron chi connectivity index (χ0n) is 16.6. The normalized spacial score (nSPS) is 26.2. The summed E-state index contributed by atoms with van der Waals surface area (Å²) in [6.45, 7) is 2.77. The molecule has 1 aliphatic heterocycles. The topological polar surface area (TPSA) is 124 Å². The molecule has 1 rings (SSSR count). The number of ketones is 3. The standard InChI is InChI=1S/C20H30O8/c1-13(21)11-17-7-3-15(23)6-10-20(26)28-18(12-14(2)22)8-4-16(24)5-9-19(25)27-17/h15,17-18,23H,3-12H2,1-2H3. The molecule has 0 amide bonds. The fourth-order valence-electron chi connectivity index (χ4n) is 3.03. The number of carbonyl (C=O) groups is 5. The Morgan fingerprint density at radius 3 is 1.89 bits per heavy atom. The van der Waals surface area contributed by atoms with Crippen LogP contribution in [0.1, 0.15) is 78.1 Å². The van der Waals surface area contributed by atoms with Crippen molar-refractivity contribution in [3.63, 3.8) is 0 Å². The molecule has 0 spiro atoms. The van der Waals surface area contributed by atoms with Crippen molar-refractivity contribution in [1.82, 2.24) is 0 Å². The molecule has 1 fully saturated rings. The molecule has 1 saturated heterocycles. The van der Waals surface area contributed by atoms with E-state index in [4.69, 9.17) is 9.47 Å². The highest BCUT2D eigenvalue weighted by Crippen LogP contribution is 2.17. The van der Waals surface area contributed by atoms with E-state index in [0.717, 1.165) is 0 Å². The number of hydrogen-bond donors (Lipinski definition) is 1. The third-order valence-corrected chi connectivity index (χ3v) is 4.48. The van der Waals surface area contributed by atoms with E-state index in [9.17, 15) is 29.1 Å². The fourth-order valence-corrected chi connectivity index (χ4v) is 3.03. The summed E-state index contributed by atoms with van der Waals surface area (Å²) in [6, 6.07) is 0. The second-order valence-corrected chi connectivity index (χ2v) is 7.38. The lowest BCUT2D eigenvalue weighted by atomic mass is 10.0. The number of rotatable bonds is 4. The van der Waals surface area contributed by atoms with Gasteiger partial charge in [-0.25, -0.2) is 0 Å². The first kappa shape index (κ1) is 23.9. The minimum atomic E-state index is -0.804. The average Bonchev–Trinajstić information content (AvgIpc) is 2.59. The van der Waals surface area contributed by atoms with Crippen LogP contribution in [0.4, 0.5) is 0 Å². The van der Waals surface area contributed by atoms with Gasteiger partial charge in [-0.3, -0.25) is 24.0 Å². The highest BCUT2D eigenvalue weighted by Gasteiger charge is 2.22. The van der Waals surface area contributed by atoms with Gasteiger partial charge in [-0.2, -0.15) is 0 Å². The highest BCUT2D eigenvalue weighted by atomic mass is 16.5. The van der Waals surface area contributed by atoms with Crippen molar-refractivity contribution in [2.45, 2.75) is 96.4 Å². The lowest BCUT2D eigenvalue weighted by molar-refractivity contribution is -0.152. The van der Waals surface area contributed by atoms with Gasteiger partial charge < -0.3 is 14.6 Å². The molecule has 0 aliphatic carbocycles. The summed E-state index contributed by atoms with van der Waals surface area (Å²) in [5, 5.41) is 10.1. The Balaban J connectivity index is 2.78. The van der Waals surface area contributed by atoms with E-state index in [1.807, 2.05) is 0 Å². The molecule has 1 N–H and O–H groups in total. The third-order valence-electron chi connectivity index (χ3n) is 4.48. The highest BCUT2D eigenvalue weighted by molar-refractivity contribution is 5.83. The van der Waals surface area contributed by atoms with Gasteiger partial charge in [0.05, 0.1) is 12.5 Å². The third kappa shape index (κ3) is 10.9. The lowest BCUT2D eigenvalue weighted by Gasteiger charge is -2.20. The monoisotopic (exact) mass is 398 g/mol. The largest absolute Gasteiger partial charge is 0.462 e. The summed E-state index contributed by atoms with van der Waals surface area (Å²) < 4.78 is 10.6. The fraction of sp³-hybridized carbons (Fsp3) is 0.750. The predicted molar refractivity (Wildman–Crippen MR) is 98.3 cm³/mol. The molecule has 1 heterocycles. The maximum atomic E-state index is 12.0. The van der Waals surface area contributed by atoms with Crippen molar-refractivity contribution >= 4 is 29.3 Å². The molecule has 28 heavy (non-hydrogen) atoms. The zero-order valence-corrected chi connectivity index (χ0v) is 16.6. The second-order valence-electron chi connectivity index (χ2n) is 7.38. The van der Waals surface area contributed by atoms with Crippen LogP contribution in [-0.4, -0.2) is 52.7 Å². The molecule has 0 bridgehead atoms. The van der Waals surface area contributed by atoms with Crippen molar-refractivity contribution in [3.05, 3.63) is 0 Å². The molecule has 0 aromatic rings. The van der Waals surface area contributed by atoms with E-state index < -0.39 is 30.3 Å². The van der Waals surface area contributed by atoms with Gasteiger partial charge in [0.15, 0.2) is 0 Å². The lowest BCUT2D eigenvalue weighted by Crippen LogP contribution is -2.25. The number of Topliss-reactive ketones (excluding diaryl/α,β-unsaturated/α-hetero) is 3. The Morgan fingerprint density at radius 2 is 1.32 bits per heavy atom. The first-order valence-electron chi connectivity index (χ1n) is 9.73. The van der Waals surface area contributed by atoms with Gasteiger partial charge in [-0.1, -0.05) is 0 Å². The average molecular weight is 398 g/mol. The summed E-state index contributed by atoms with van der Waals surface area (Å²) in [5.41, 5.74) is 0. The predicted octanol–water partition coefficient (Wildman–Crippen LogP) is 1.83. The van der Waals surface area contributed by atoms with Crippen molar-refractivity contribution < 1.29 is 38.6 Å². The Morgan fingerprint density at radius 1 is 0.786 bits per heavy atom. The summed E-state index contributed by atoms with van der Waals surface area (Å²) in [7, 11) is 0. The Kier molecular flexibility index (Phi) is 10.6. The second kappa shape index (κ2) is 12.4. The SMILES string of the molecule is CC(=O)CC1CCC(=O)CCC(=O)OC(CC(C)=O)CCC(O)CCC(=O)O1. The van der Waals surface area contributed by atoms with Crippen molar-refractivity contribution in [1.29, 1.82) is 0 Å². The number of esters is 2. The van der Waals surface area contributed by atoms with E-state index in [-0.39, 0.29) is 81.6 Å². The first-order valence-corrected chi connectivity index (χ1v) is 9.73. The Bertz CT molecular complexity index is 583. The van der Waals surface area contributed by atoms with Crippen LogP contribution in [0.3, 0.4) is 0 Å². The zero-order chi connectivity index (χ0) is 21.1. The van der Waals surface area contributed by atoms with Gasteiger partial charge in [0, 0.05) is 32.1 Å². The molecule has 0 aromatic carbocycles. The summed E-state index contributed by atoms with van der Waals surface area (Å²) in [5.74, 6) is -1.57. The number of cyclic esters (lactones) is 2. The number of aliphatic hydroxyl groups is 1. The van der Waals surface area contributed by atoms with Crippen LogP contribution in [0.2, 0.25) is 0 Å².